The first-order valence-corrected chi connectivity index (χ1v) is 12.6. The molecule has 0 bridgehead atoms. The monoisotopic (exact) mass is 507 g/mol. The number of nitrogens with zero attached hydrogens (tertiary/aromatic N) is 1. The first-order chi connectivity index (χ1) is 15.2. The number of rotatable bonds is 7. The molecule has 3 aromatic rings. The second kappa shape index (κ2) is 10.2. The van der Waals surface area contributed by atoms with E-state index in [1.165, 1.54) is 47.8 Å². The van der Waals surface area contributed by atoms with E-state index in [0.29, 0.717) is 21.2 Å². The minimum Gasteiger partial charge on any atom is -0.446 e. The lowest BCUT2D eigenvalue weighted by atomic mass is 9.87. The average Bonchev–Trinajstić information content (AvgIpc) is 2.78. The van der Waals surface area contributed by atoms with Crippen LogP contribution in [-0.4, -0.2) is 23.4 Å². The van der Waals surface area contributed by atoms with Crippen molar-refractivity contribution in [1.29, 1.82) is 0 Å². The third-order valence-electron chi connectivity index (χ3n) is 5.02. The summed E-state index contributed by atoms with van der Waals surface area (Å²) in [6.45, 7) is 1.77. The molecule has 0 saturated heterocycles. The van der Waals surface area contributed by atoms with Gasteiger partial charge in [-0.05, 0) is 55.8 Å². The number of halogens is 2. The van der Waals surface area contributed by atoms with Crippen LogP contribution in [0.3, 0.4) is 0 Å². The number of hydrogen-bond acceptors (Lipinski definition) is 6. The van der Waals surface area contributed by atoms with Gasteiger partial charge in [0.15, 0.2) is 5.60 Å². The van der Waals surface area contributed by atoms with E-state index in [-0.39, 0.29) is 11.3 Å². The van der Waals surface area contributed by atoms with Crippen molar-refractivity contribution in [1.82, 2.24) is 0 Å². The summed E-state index contributed by atoms with van der Waals surface area (Å²) in [6, 6.07) is 16.3. The Morgan fingerprint density at radius 3 is 1.75 bits per heavy atom. The number of esters is 1. The van der Waals surface area contributed by atoms with E-state index in [0.717, 1.165) is 9.79 Å². The van der Waals surface area contributed by atoms with Crippen molar-refractivity contribution in [2.24, 2.45) is 0 Å². The number of hydrogen-bond donors (Lipinski definition) is 0. The summed E-state index contributed by atoms with van der Waals surface area (Å²) in [4.78, 5) is 25.2. The molecule has 0 fully saturated rings. The van der Waals surface area contributed by atoms with Gasteiger partial charge in [-0.3, -0.25) is 10.1 Å². The average molecular weight is 508 g/mol. The van der Waals surface area contributed by atoms with Gasteiger partial charge in [0, 0.05) is 33.1 Å². The molecular formula is C23H19Cl2NO4S2. The lowest BCUT2D eigenvalue weighted by Gasteiger charge is -2.31. The standard InChI is InChI=1S/C23H19Cl2NO4S2/c1-23(15-6-10-20(31-2)18(24)12-15,16-7-11-21(32-3)19(25)13-16)30-22(27)14-4-8-17(9-5-14)26(28)29/h4-13H,1-3H3. The van der Waals surface area contributed by atoms with Gasteiger partial charge >= 0.3 is 5.97 Å². The van der Waals surface area contributed by atoms with Crippen LogP contribution in [-0.2, 0) is 10.3 Å². The van der Waals surface area contributed by atoms with Crippen LogP contribution in [0.5, 0.6) is 0 Å². The van der Waals surface area contributed by atoms with E-state index in [2.05, 4.69) is 0 Å². The van der Waals surface area contributed by atoms with Gasteiger partial charge in [-0.1, -0.05) is 35.3 Å². The van der Waals surface area contributed by atoms with Gasteiger partial charge in [0.1, 0.15) is 0 Å². The largest absolute Gasteiger partial charge is 0.446 e. The van der Waals surface area contributed by atoms with Crippen molar-refractivity contribution in [2.45, 2.75) is 22.3 Å². The molecule has 32 heavy (non-hydrogen) atoms. The van der Waals surface area contributed by atoms with Crippen molar-refractivity contribution in [3.63, 3.8) is 0 Å². The minimum absolute atomic E-state index is 0.108. The third-order valence-corrected chi connectivity index (χ3v) is 7.46. The van der Waals surface area contributed by atoms with E-state index in [4.69, 9.17) is 27.9 Å². The highest BCUT2D eigenvalue weighted by Gasteiger charge is 2.35. The maximum atomic E-state index is 13.0. The predicted molar refractivity (Wildman–Crippen MR) is 131 cm³/mol. The molecule has 0 radical (unpaired) electrons. The molecule has 0 N–H and O–H groups in total. The zero-order valence-corrected chi connectivity index (χ0v) is 20.6. The summed E-state index contributed by atoms with van der Waals surface area (Å²) in [7, 11) is 0. The summed E-state index contributed by atoms with van der Waals surface area (Å²) in [5.74, 6) is -0.627. The molecular weight excluding hydrogens is 489 g/mol. The van der Waals surface area contributed by atoms with E-state index in [1.54, 1.807) is 19.1 Å². The number of benzene rings is 3. The Bertz CT molecular complexity index is 1120. The fourth-order valence-electron chi connectivity index (χ4n) is 3.17. The Labute approximate surface area is 204 Å². The number of non-ortho nitro benzene ring substituents is 1. The highest BCUT2D eigenvalue weighted by molar-refractivity contribution is 7.99. The van der Waals surface area contributed by atoms with Crippen molar-refractivity contribution in [3.05, 3.63) is 97.5 Å². The van der Waals surface area contributed by atoms with Gasteiger partial charge in [-0.15, -0.1) is 23.5 Å². The number of nitro benzene ring substituents is 1. The Balaban J connectivity index is 2.07. The fourth-order valence-corrected chi connectivity index (χ4v) is 4.91. The molecule has 5 nitrogen and oxygen atoms in total. The summed E-state index contributed by atoms with van der Waals surface area (Å²) in [6.07, 6.45) is 3.85. The zero-order chi connectivity index (χ0) is 23.5. The Kier molecular flexibility index (Phi) is 7.77. The first kappa shape index (κ1) is 24.5. The van der Waals surface area contributed by atoms with Gasteiger partial charge in [-0.25, -0.2) is 4.79 Å². The quantitative estimate of drug-likeness (QED) is 0.143. The van der Waals surface area contributed by atoms with Gasteiger partial charge in [0.05, 0.1) is 20.5 Å². The van der Waals surface area contributed by atoms with E-state index in [9.17, 15) is 14.9 Å². The number of nitro groups is 1. The van der Waals surface area contributed by atoms with Gasteiger partial charge in [0.25, 0.3) is 5.69 Å². The Morgan fingerprint density at radius 2 is 1.38 bits per heavy atom. The molecule has 166 valence electrons. The van der Waals surface area contributed by atoms with E-state index >= 15 is 0 Å². The van der Waals surface area contributed by atoms with Crippen molar-refractivity contribution in [3.8, 4) is 0 Å². The smallest absolute Gasteiger partial charge is 0.339 e. The lowest BCUT2D eigenvalue weighted by Crippen LogP contribution is -2.31. The third kappa shape index (κ3) is 5.07. The SMILES string of the molecule is CSc1ccc(C(C)(OC(=O)c2ccc([N+](=O)[O-])cc2)c2ccc(SC)c(Cl)c2)cc1Cl. The van der Waals surface area contributed by atoms with Crippen molar-refractivity contribution in [2.75, 3.05) is 12.5 Å². The zero-order valence-electron chi connectivity index (χ0n) is 17.4. The molecule has 0 atom stereocenters. The summed E-state index contributed by atoms with van der Waals surface area (Å²) in [5, 5.41) is 12.0. The molecule has 0 heterocycles. The van der Waals surface area contributed by atoms with Gasteiger partial charge in [-0.2, -0.15) is 0 Å². The van der Waals surface area contributed by atoms with Crippen molar-refractivity contribution >= 4 is 58.4 Å². The van der Waals surface area contributed by atoms with Crippen LogP contribution in [0.25, 0.3) is 0 Å². The van der Waals surface area contributed by atoms with E-state index in [1.807, 2.05) is 36.8 Å². The van der Waals surface area contributed by atoms with Crippen LogP contribution in [0.1, 0.15) is 28.4 Å². The van der Waals surface area contributed by atoms with Gasteiger partial charge in [0.2, 0.25) is 0 Å². The van der Waals surface area contributed by atoms with Crippen LogP contribution >= 0.6 is 46.7 Å². The summed E-state index contributed by atoms with van der Waals surface area (Å²) < 4.78 is 6.01. The molecule has 0 saturated carbocycles. The number of carbonyl (C=O) groups excluding carboxylic acids is 1. The second-order valence-electron chi connectivity index (χ2n) is 6.93. The lowest BCUT2D eigenvalue weighted by molar-refractivity contribution is -0.384. The van der Waals surface area contributed by atoms with Crippen LogP contribution in [0.2, 0.25) is 10.0 Å². The normalized spacial score (nSPS) is 11.3. The van der Waals surface area contributed by atoms with Gasteiger partial charge < -0.3 is 4.74 Å². The molecule has 0 amide bonds. The molecule has 0 spiro atoms. The predicted octanol–water partition coefficient (Wildman–Crippen LogP) is 7.47. The van der Waals surface area contributed by atoms with E-state index < -0.39 is 16.5 Å². The highest BCUT2D eigenvalue weighted by Crippen LogP contribution is 2.40. The first-order valence-electron chi connectivity index (χ1n) is 9.35. The highest BCUT2D eigenvalue weighted by atomic mass is 35.5. The molecule has 0 unspecified atom stereocenters. The molecule has 9 heteroatoms. The molecule has 0 aliphatic carbocycles. The molecule has 0 aliphatic rings. The van der Waals surface area contributed by atoms with Crippen LogP contribution in [0, 0.1) is 10.1 Å². The number of carbonyl (C=O) groups is 1. The second-order valence-corrected chi connectivity index (χ2v) is 9.44. The number of thioether (sulfide) groups is 2. The van der Waals surface area contributed by atoms with Crippen LogP contribution in [0.4, 0.5) is 5.69 Å². The maximum absolute atomic E-state index is 13.0. The minimum atomic E-state index is -1.21. The maximum Gasteiger partial charge on any atom is 0.339 e. The number of ether oxygens (including phenoxy) is 1. The summed E-state index contributed by atoms with van der Waals surface area (Å²) in [5.41, 5.74) is 0.218. The molecule has 0 aromatic heterocycles. The molecule has 3 rings (SSSR count). The topological polar surface area (TPSA) is 69.4 Å². The van der Waals surface area contributed by atoms with Crippen LogP contribution < -0.4 is 0 Å². The summed E-state index contributed by atoms with van der Waals surface area (Å²) >= 11 is 15.9. The molecule has 0 aliphatic heterocycles. The Morgan fingerprint density at radius 1 is 0.906 bits per heavy atom. The van der Waals surface area contributed by atoms with Crippen molar-refractivity contribution < 1.29 is 14.5 Å². The van der Waals surface area contributed by atoms with Crippen LogP contribution in [0.15, 0.2) is 70.5 Å². The fraction of sp³-hybridized carbons (Fsp3) is 0.174. The molecule has 3 aromatic carbocycles. The Hall–Kier alpha value is -2.19.